The van der Waals surface area contributed by atoms with Crippen LogP contribution in [0.3, 0.4) is 0 Å². The zero-order valence-electron chi connectivity index (χ0n) is 10.5. The number of benzene rings is 1. The number of hydrogen-bond acceptors (Lipinski definition) is 3. The fourth-order valence-electron chi connectivity index (χ4n) is 2.07. The van der Waals surface area contributed by atoms with Gasteiger partial charge in [-0.3, -0.25) is 0 Å². The maximum atomic E-state index is 6.31. The van der Waals surface area contributed by atoms with Crippen molar-refractivity contribution in [3.8, 4) is 11.5 Å². The highest BCUT2D eigenvalue weighted by Gasteiger charge is 2.19. The molecule has 0 spiro atoms. The normalized spacial score (nSPS) is 14.8. The van der Waals surface area contributed by atoms with Crippen molar-refractivity contribution >= 4 is 17.7 Å². The molecule has 0 unspecified atom stereocenters. The quantitative estimate of drug-likeness (QED) is 0.916. The zero-order valence-corrected chi connectivity index (χ0v) is 11.3. The minimum absolute atomic E-state index is 0.494. The van der Waals surface area contributed by atoms with Crippen molar-refractivity contribution in [3.05, 3.63) is 28.3 Å². The summed E-state index contributed by atoms with van der Waals surface area (Å²) >= 11 is 6.31. The number of ether oxygens (including phenoxy) is 2. The molecular weight excluding hydrogens is 250 g/mol. The standard InChI is InChI=1S/C14H18ClNO2/c1-2-10-11(5-3-6-16)12(15)9-13-14(10)18-8-4-7-17-13/h3,5,9H,2,4,6-8,16H2,1H3/b5-3+. The Labute approximate surface area is 113 Å². The fraction of sp³-hybridized carbons (Fsp3) is 0.429. The highest BCUT2D eigenvalue weighted by Crippen LogP contribution is 2.40. The lowest BCUT2D eigenvalue weighted by Crippen LogP contribution is -2.00. The van der Waals surface area contributed by atoms with Crippen molar-refractivity contribution in [1.29, 1.82) is 0 Å². The second kappa shape index (κ2) is 6.12. The van der Waals surface area contributed by atoms with Gasteiger partial charge in [0.25, 0.3) is 0 Å². The molecule has 1 aliphatic rings. The Kier molecular flexibility index (Phi) is 4.50. The Hall–Kier alpha value is -1.19. The van der Waals surface area contributed by atoms with E-state index >= 15 is 0 Å². The second-order valence-corrected chi connectivity index (χ2v) is 4.53. The maximum absolute atomic E-state index is 6.31. The van der Waals surface area contributed by atoms with E-state index in [0.717, 1.165) is 35.5 Å². The van der Waals surface area contributed by atoms with Crippen LogP contribution in [0.2, 0.25) is 5.02 Å². The van der Waals surface area contributed by atoms with E-state index in [2.05, 4.69) is 6.92 Å². The first kappa shape index (κ1) is 13.2. The number of hydrogen-bond donors (Lipinski definition) is 1. The lowest BCUT2D eigenvalue weighted by molar-refractivity contribution is 0.296. The minimum atomic E-state index is 0.494. The molecule has 1 aromatic carbocycles. The molecule has 0 fully saturated rings. The third-order valence-electron chi connectivity index (χ3n) is 2.90. The minimum Gasteiger partial charge on any atom is -0.489 e. The second-order valence-electron chi connectivity index (χ2n) is 4.12. The molecule has 1 aliphatic heterocycles. The number of halogens is 1. The molecule has 0 aliphatic carbocycles. The van der Waals surface area contributed by atoms with E-state index in [4.69, 9.17) is 26.8 Å². The molecule has 1 aromatic rings. The zero-order chi connectivity index (χ0) is 13.0. The van der Waals surface area contributed by atoms with Crippen LogP contribution in [0, 0.1) is 0 Å². The van der Waals surface area contributed by atoms with Crippen LogP contribution in [0.15, 0.2) is 12.1 Å². The summed E-state index contributed by atoms with van der Waals surface area (Å²) in [4.78, 5) is 0. The van der Waals surface area contributed by atoms with Crippen LogP contribution in [0.5, 0.6) is 11.5 Å². The summed E-state index contributed by atoms with van der Waals surface area (Å²) in [6.07, 6.45) is 5.58. The molecule has 0 bridgehead atoms. The molecule has 18 heavy (non-hydrogen) atoms. The predicted molar refractivity (Wildman–Crippen MR) is 74.5 cm³/mol. The third-order valence-corrected chi connectivity index (χ3v) is 3.22. The average Bonchev–Trinajstić information content (AvgIpc) is 2.60. The van der Waals surface area contributed by atoms with Gasteiger partial charge in [-0.25, -0.2) is 0 Å². The Morgan fingerprint density at radius 2 is 2.17 bits per heavy atom. The smallest absolute Gasteiger partial charge is 0.165 e. The lowest BCUT2D eigenvalue weighted by atomic mass is 10.0. The first-order valence-corrected chi connectivity index (χ1v) is 6.63. The van der Waals surface area contributed by atoms with Crippen molar-refractivity contribution in [2.75, 3.05) is 19.8 Å². The molecule has 2 rings (SSSR count). The molecule has 2 N–H and O–H groups in total. The molecule has 0 atom stereocenters. The van der Waals surface area contributed by atoms with Gasteiger partial charge in [0.05, 0.1) is 18.2 Å². The Morgan fingerprint density at radius 3 is 2.89 bits per heavy atom. The molecule has 3 nitrogen and oxygen atoms in total. The van der Waals surface area contributed by atoms with Crippen LogP contribution in [0.4, 0.5) is 0 Å². The van der Waals surface area contributed by atoms with Gasteiger partial charge < -0.3 is 15.2 Å². The first-order valence-electron chi connectivity index (χ1n) is 6.25. The number of fused-ring (bicyclic) bond motifs is 1. The molecule has 0 amide bonds. The van der Waals surface area contributed by atoms with Crippen molar-refractivity contribution < 1.29 is 9.47 Å². The van der Waals surface area contributed by atoms with Gasteiger partial charge in [0.1, 0.15) is 0 Å². The average molecular weight is 268 g/mol. The van der Waals surface area contributed by atoms with E-state index in [0.29, 0.717) is 24.8 Å². The van der Waals surface area contributed by atoms with E-state index in [1.54, 1.807) is 0 Å². The Balaban J connectivity index is 2.53. The van der Waals surface area contributed by atoms with E-state index in [9.17, 15) is 0 Å². The third kappa shape index (κ3) is 2.62. The molecule has 0 radical (unpaired) electrons. The summed E-state index contributed by atoms with van der Waals surface area (Å²) in [6.45, 7) is 3.93. The molecule has 0 aromatic heterocycles. The van der Waals surface area contributed by atoms with Crippen LogP contribution in [-0.2, 0) is 6.42 Å². The van der Waals surface area contributed by atoms with Gasteiger partial charge in [-0.05, 0) is 12.0 Å². The van der Waals surface area contributed by atoms with E-state index < -0.39 is 0 Å². The molecule has 4 heteroatoms. The van der Waals surface area contributed by atoms with Crippen LogP contribution in [0.25, 0.3) is 6.08 Å². The largest absolute Gasteiger partial charge is 0.489 e. The van der Waals surface area contributed by atoms with Gasteiger partial charge in [-0.15, -0.1) is 0 Å². The Morgan fingerprint density at radius 1 is 1.39 bits per heavy atom. The number of nitrogens with two attached hydrogens (primary N) is 1. The SMILES string of the molecule is CCc1c(/C=C/CN)c(Cl)cc2c1OCCCO2. The van der Waals surface area contributed by atoms with Crippen LogP contribution in [-0.4, -0.2) is 19.8 Å². The van der Waals surface area contributed by atoms with Crippen molar-refractivity contribution in [2.24, 2.45) is 5.73 Å². The van der Waals surface area contributed by atoms with Gasteiger partial charge >= 0.3 is 0 Å². The van der Waals surface area contributed by atoms with E-state index in [1.807, 2.05) is 18.2 Å². The summed E-state index contributed by atoms with van der Waals surface area (Å²) in [5.74, 6) is 1.58. The van der Waals surface area contributed by atoms with E-state index in [1.165, 1.54) is 0 Å². The first-order chi connectivity index (χ1) is 8.77. The Bertz CT molecular complexity index is 458. The summed E-state index contributed by atoms with van der Waals surface area (Å²) < 4.78 is 11.5. The van der Waals surface area contributed by atoms with Crippen LogP contribution >= 0.6 is 11.6 Å². The summed E-state index contributed by atoms with van der Waals surface area (Å²) in [5.41, 5.74) is 7.56. The van der Waals surface area contributed by atoms with Gasteiger partial charge in [0.15, 0.2) is 11.5 Å². The molecule has 0 saturated carbocycles. The highest BCUT2D eigenvalue weighted by molar-refractivity contribution is 6.32. The lowest BCUT2D eigenvalue weighted by Gasteiger charge is -2.15. The van der Waals surface area contributed by atoms with Crippen LogP contribution in [0.1, 0.15) is 24.5 Å². The van der Waals surface area contributed by atoms with Gasteiger partial charge in [0.2, 0.25) is 0 Å². The molecule has 0 saturated heterocycles. The van der Waals surface area contributed by atoms with Crippen molar-refractivity contribution in [3.63, 3.8) is 0 Å². The summed E-state index contributed by atoms with van der Waals surface area (Å²) in [5, 5.41) is 0.681. The monoisotopic (exact) mass is 267 g/mol. The molecule has 98 valence electrons. The van der Waals surface area contributed by atoms with Crippen molar-refractivity contribution in [1.82, 2.24) is 0 Å². The maximum Gasteiger partial charge on any atom is 0.165 e. The van der Waals surface area contributed by atoms with Gasteiger partial charge in [-0.2, -0.15) is 0 Å². The predicted octanol–water partition coefficient (Wildman–Crippen LogP) is 3.04. The molecule has 1 heterocycles. The van der Waals surface area contributed by atoms with E-state index in [-0.39, 0.29) is 0 Å². The number of rotatable bonds is 3. The highest BCUT2D eigenvalue weighted by atomic mass is 35.5. The van der Waals surface area contributed by atoms with Gasteiger partial charge in [-0.1, -0.05) is 30.7 Å². The fourth-order valence-corrected chi connectivity index (χ4v) is 2.35. The van der Waals surface area contributed by atoms with Gasteiger partial charge in [0, 0.05) is 24.6 Å². The van der Waals surface area contributed by atoms with Crippen molar-refractivity contribution in [2.45, 2.75) is 19.8 Å². The summed E-state index contributed by atoms with van der Waals surface area (Å²) in [6, 6.07) is 1.83. The summed E-state index contributed by atoms with van der Waals surface area (Å²) in [7, 11) is 0. The van der Waals surface area contributed by atoms with Crippen LogP contribution < -0.4 is 15.2 Å². The topological polar surface area (TPSA) is 44.5 Å². The molecular formula is C14H18ClNO2.